The quantitative estimate of drug-likeness (QED) is 0.840. The number of amidine groups is 1. The largest absolute Gasteiger partial charge is 0.363 e. The Kier molecular flexibility index (Phi) is 6.02. The van der Waals surface area contributed by atoms with E-state index in [4.69, 9.17) is 0 Å². The van der Waals surface area contributed by atoms with Gasteiger partial charge in [-0.2, -0.15) is 0 Å². The van der Waals surface area contributed by atoms with Gasteiger partial charge in [-0.1, -0.05) is 32.0 Å². The van der Waals surface area contributed by atoms with Crippen molar-refractivity contribution in [2.75, 3.05) is 26.2 Å². The van der Waals surface area contributed by atoms with Gasteiger partial charge in [-0.05, 0) is 45.2 Å². The van der Waals surface area contributed by atoms with Crippen LogP contribution in [0.5, 0.6) is 0 Å². The van der Waals surface area contributed by atoms with Crippen molar-refractivity contribution < 1.29 is 0 Å². The van der Waals surface area contributed by atoms with E-state index in [1.54, 1.807) is 0 Å². The molecule has 0 bridgehead atoms. The van der Waals surface area contributed by atoms with Gasteiger partial charge in [-0.3, -0.25) is 9.89 Å². The number of piperidine rings is 1. The highest BCUT2D eigenvalue weighted by Crippen LogP contribution is 2.25. The third-order valence-electron chi connectivity index (χ3n) is 4.01. The first-order chi connectivity index (χ1) is 9.15. The molecule has 2 aliphatic heterocycles. The lowest BCUT2D eigenvalue weighted by Gasteiger charge is -2.32. The van der Waals surface area contributed by atoms with Crippen LogP contribution in [-0.4, -0.2) is 47.5 Å². The summed E-state index contributed by atoms with van der Waals surface area (Å²) in [4.78, 5) is 7.25. The Labute approximate surface area is 122 Å². The van der Waals surface area contributed by atoms with Gasteiger partial charge in [0.1, 0.15) is 0 Å². The lowest BCUT2D eigenvalue weighted by molar-refractivity contribution is 0.175. The van der Waals surface area contributed by atoms with Crippen molar-refractivity contribution in [2.45, 2.75) is 57.7 Å². The molecule has 19 heavy (non-hydrogen) atoms. The van der Waals surface area contributed by atoms with E-state index in [0.29, 0.717) is 11.3 Å². The summed E-state index contributed by atoms with van der Waals surface area (Å²) in [5, 5.41) is 5.43. The minimum Gasteiger partial charge on any atom is -0.363 e. The van der Waals surface area contributed by atoms with Gasteiger partial charge < -0.3 is 5.32 Å². The molecule has 1 saturated heterocycles. The number of aliphatic imine (C=N–C) groups is 1. The number of rotatable bonds is 5. The molecule has 2 heterocycles. The predicted molar refractivity (Wildman–Crippen MR) is 86.0 cm³/mol. The second-order valence-electron chi connectivity index (χ2n) is 6.34. The van der Waals surface area contributed by atoms with Crippen LogP contribution in [0.4, 0.5) is 0 Å². The maximum absolute atomic E-state index is 4.64. The first-order valence-corrected chi connectivity index (χ1v) is 8.72. The summed E-state index contributed by atoms with van der Waals surface area (Å²) in [6.07, 6.45) is 5.43. The van der Waals surface area contributed by atoms with Gasteiger partial charge in [-0.15, -0.1) is 0 Å². The van der Waals surface area contributed by atoms with Gasteiger partial charge in [0, 0.05) is 17.8 Å². The highest BCUT2D eigenvalue weighted by atomic mass is 32.2. The van der Waals surface area contributed by atoms with Crippen molar-refractivity contribution in [2.24, 2.45) is 10.9 Å². The summed E-state index contributed by atoms with van der Waals surface area (Å²) in [6, 6.07) is 0.632. The molecule has 2 atom stereocenters. The summed E-state index contributed by atoms with van der Waals surface area (Å²) < 4.78 is 0. The highest BCUT2D eigenvalue weighted by Gasteiger charge is 2.22. The molecule has 0 amide bonds. The summed E-state index contributed by atoms with van der Waals surface area (Å²) in [7, 11) is 0. The van der Waals surface area contributed by atoms with Crippen LogP contribution in [0.15, 0.2) is 4.99 Å². The second kappa shape index (κ2) is 7.53. The fourth-order valence-corrected chi connectivity index (χ4v) is 4.15. The van der Waals surface area contributed by atoms with E-state index in [0.717, 1.165) is 19.0 Å². The van der Waals surface area contributed by atoms with Crippen LogP contribution >= 0.6 is 11.8 Å². The standard InChI is InChI=1S/C15H29N3S/c1-12(2)9-14-11-17-15(19-14)16-10-13(3)18-7-5-4-6-8-18/h12-14H,4-11H2,1-3H3,(H,16,17). The molecule has 0 radical (unpaired) electrons. The molecule has 0 aliphatic carbocycles. The topological polar surface area (TPSA) is 27.6 Å². The molecule has 4 heteroatoms. The third kappa shape index (κ3) is 4.99. The molecule has 1 N–H and O–H groups in total. The molecule has 0 aromatic rings. The molecule has 0 spiro atoms. The van der Waals surface area contributed by atoms with Gasteiger partial charge >= 0.3 is 0 Å². The van der Waals surface area contributed by atoms with Crippen LogP contribution < -0.4 is 5.32 Å². The van der Waals surface area contributed by atoms with E-state index in [9.17, 15) is 0 Å². The van der Waals surface area contributed by atoms with E-state index in [2.05, 4.69) is 36.0 Å². The molecule has 2 unspecified atom stereocenters. The monoisotopic (exact) mass is 283 g/mol. The number of hydrogen-bond donors (Lipinski definition) is 1. The maximum Gasteiger partial charge on any atom is 0.156 e. The van der Waals surface area contributed by atoms with Crippen molar-refractivity contribution in [3.63, 3.8) is 0 Å². The number of likely N-dealkylation sites (tertiary alicyclic amines) is 1. The number of nitrogens with zero attached hydrogens (tertiary/aromatic N) is 2. The second-order valence-corrected chi connectivity index (χ2v) is 7.63. The van der Waals surface area contributed by atoms with E-state index in [1.807, 2.05) is 11.8 Å². The molecule has 0 saturated carbocycles. The van der Waals surface area contributed by atoms with Crippen molar-refractivity contribution >= 4 is 16.9 Å². The van der Waals surface area contributed by atoms with Crippen LogP contribution in [0.3, 0.4) is 0 Å². The Morgan fingerprint density at radius 2 is 2.00 bits per heavy atom. The molecule has 0 aromatic heterocycles. The van der Waals surface area contributed by atoms with Gasteiger partial charge in [0.15, 0.2) is 5.17 Å². The van der Waals surface area contributed by atoms with Crippen LogP contribution in [0.1, 0.15) is 46.5 Å². The smallest absolute Gasteiger partial charge is 0.156 e. The van der Waals surface area contributed by atoms with E-state index >= 15 is 0 Å². The van der Waals surface area contributed by atoms with Gasteiger partial charge in [0.2, 0.25) is 0 Å². The third-order valence-corrected chi connectivity index (χ3v) is 5.19. The highest BCUT2D eigenvalue weighted by molar-refractivity contribution is 8.14. The lowest BCUT2D eigenvalue weighted by Crippen LogP contribution is -2.43. The number of nitrogens with one attached hydrogen (secondary N) is 1. The molecule has 3 nitrogen and oxygen atoms in total. The van der Waals surface area contributed by atoms with Crippen molar-refractivity contribution in [1.29, 1.82) is 0 Å². The minimum atomic E-state index is 0.632. The van der Waals surface area contributed by atoms with Gasteiger partial charge in [-0.25, -0.2) is 0 Å². The summed E-state index contributed by atoms with van der Waals surface area (Å²) in [5.41, 5.74) is 0. The Balaban J connectivity index is 1.65. The van der Waals surface area contributed by atoms with Gasteiger partial charge in [0.25, 0.3) is 0 Å². The molecule has 1 fully saturated rings. The summed E-state index contributed by atoms with van der Waals surface area (Å²) in [5.74, 6) is 0.777. The fraction of sp³-hybridized carbons (Fsp3) is 0.933. The zero-order valence-electron chi connectivity index (χ0n) is 12.7. The van der Waals surface area contributed by atoms with Crippen LogP contribution in [0, 0.1) is 5.92 Å². The average molecular weight is 283 g/mol. The summed E-state index contributed by atoms with van der Waals surface area (Å²) in [6.45, 7) is 11.5. The molecule has 0 aromatic carbocycles. The van der Waals surface area contributed by atoms with E-state index < -0.39 is 0 Å². The van der Waals surface area contributed by atoms with E-state index in [-0.39, 0.29) is 0 Å². The first-order valence-electron chi connectivity index (χ1n) is 7.84. The minimum absolute atomic E-state index is 0.632. The summed E-state index contributed by atoms with van der Waals surface area (Å²) >= 11 is 1.95. The SMILES string of the molecule is CC(C)CC1CN=C(NCC(C)N2CCCCC2)S1. The maximum atomic E-state index is 4.64. The Morgan fingerprint density at radius 3 is 2.68 bits per heavy atom. The van der Waals surface area contributed by atoms with Crippen LogP contribution in [0.25, 0.3) is 0 Å². The first kappa shape index (κ1) is 15.2. The lowest BCUT2D eigenvalue weighted by atomic mass is 10.1. The normalized spacial score (nSPS) is 26.5. The molecular weight excluding hydrogens is 254 g/mol. The Morgan fingerprint density at radius 1 is 1.26 bits per heavy atom. The number of hydrogen-bond acceptors (Lipinski definition) is 4. The number of thioether (sulfide) groups is 1. The molecule has 110 valence electrons. The van der Waals surface area contributed by atoms with Crippen LogP contribution in [-0.2, 0) is 0 Å². The van der Waals surface area contributed by atoms with Crippen LogP contribution in [0.2, 0.25) is 0 Å². The predicted octanol–water partition coefficient (Wildman–Crippen LogP) is 2.97. The molecule has 2 rings (SSSR count). The molecule has 2 aliphatic rings. The van der Waals surface area contributed by atoms with E-state index in [1.165, 1.54) is 43.9 Å². The van der Waals surface area contributed by atoms with Crippen molar-refractivity contribution in [3.05, 3.63) is 0 Å². The Bertz CT molecular complexity index is 298. The Hall–Kier alpha value is -0.220. The fourth-order valence-electron chi connectivity index (χ4n) is 2.89. The van der Waals surface area contributed by atoms with Gasteiger partial charge in [0.05, 0.1) is 6.54 Å². The zero-order valence-corrected chi connectivity index (χ0v) is 13.5. The van der Waals surface area contributed by atoms with Crippen molar-refractivity contribution in [1.82, 2.24) is 10.2 Å². The average Bonchev–Trinajstić information content (AvgIpc) is 2.84. The zero-order chi connectivity index (χ0) is 13.7. The molecular formula is C15H29N3S. The van der Waals surface area contributed by atoms with Crippen molar-refractivity contribution in [3.8, 4) is 0 Å².